The van der Waals surface area contributed by atoms with Crippen molar-refractivity contribution < 1.29 is 162 Å². The maximum atomic E-state index is 13.5. The Hall–Kier alpha value is -7.16. The van der Waals surface area contributed by atoms with E-state index in [4.69, 9.17) is 165 Å². The molecular formula is C96H152N8O16. The summed E-state index contributed by atoms with van der Waals surface area (Å²) in [6, 6.07) is -25.0. The van der Waals surface area contributed by atoms with Gasteiger partial charge in [0.15, 0.2) is 46.0 Å². The third-order valence-electron chi connectivity index (χ3n) is 21.0. The predicted molar refractivity (Wildman–Crippen MR) is 471 cm³/mol. The van der Waals surface area contributed by atoms with Crippen LogP contribution in [0.25, 0.3) is 0 Å². The molecule has 8 aliphatic heterocycles. The first-order valence-corrected chi connectivity index (χ1v) is 38.6. The molecule has 8 N–H and O–H groups in total. The number of carbonyl (C=O) groups excluding carboxylic acids is 4. The van der Waals surface area contributed by atoms with Crippen molar-refractivity contribution in [3.05, 3.63) is 92.8 Å². The van der Waals surface area contributed by atoms with E-state index in [2.05, 4.69) is 0 Å². The second-order valence-electron chi connectivity index (χ2n) is 31.1. The van der Waals surface area contributed by atoms with Crippen LogP contribution in [0.4, 0.5) is 0 Å². The van der Waals surface area contributed by atoms with Crippen molar-refractivity contribution in [3.8, 4) is 46.0 Å². The minimum Gasteiger partial charge on any atom is -0.493 e. The van der Waals surface area contributed by atoms with Crippen molar-refractivity contribution in [2.75, 3.05) is 109 Å². The molecule has 0 aliphatic carbocycles. The molecule has 4 aromatic carbocycles. The van der Waals surface area contributed by atoms with Gasteiger partial charge in [0.25, 0.3) is 0 Å². The molecule has 12 rings (SSSR count). The van der Waals surface area contributed by atoms with Crippen LogP contribution in [0.5, 0.6) is 46.0 Å². The molecule has 0 aromatic heterocycles. The molecule has 120 heavy (non-hydrogen) atoms. The van der Waals surface area contributed by atoms with E-state index in [-0.39, 0.29) is 127 Å². The highest BCUT2D eigenvalue weighted by molar-refractivity contribution is 5.77. The number of ether oxygens (including phenoxy) is 12. The Bertz CT molecular complexity index is 6700. The lowest BCUT2D eigenvalue weighted by molar-refractivity contribution is -0.161. The van der Waals surface area contributed by atoms with E-state index in [1.165, 1.54) is 26.2 Å². The molecule has 4 aromatic rings. The molecule has 0 bridgehead atoms. The number of nitrogens with zero attached hydrogens (tertiary/aromatic N) is 4. The zero-order valence-corrected chi connectivity index (χ0v) is 69.3. The fourth-order valence-electron chi connectivity index (χ4n) is 15.5. The molecule has 0 saturated carbocycles. The standard InChI is InChI=1S/4C24H38N2O4/c4*1-14(2)9-17-13-26-8-7-16-10-21(28-5)22(29-6)11-18(16)19(26)12-20(17)30-24(27)23(25)15(3)4/h4*10-11,14-15,17,19-20,23H,7-9,12-13,25H2,1-6H3/t4*17?,19?,20?,23-/m0000/s1/i3D3,4D3,7D2,8D2,10D,11D,15D,20D,23D;2*3D3,4D3,5D3,7D2,8D2,10D,11D,15D,23D;3D3,4D3,7D2,8D2,10D,11D,15D,23D. The van der Waals surface area contributed by atoms with Gasteiger partial charge < -0.3 is 79.8 Å². The first-order valence-electron chi connectivity index (χ1n) is 70.1. The summed E-state index contributed by atoms with van der Waals surface area (Å²) in [5.74, 6) is -30.8. The Kier molecular flexibility index (Phi) is 15.3. The van der Waals surface area contributed by atoms with Crippen LogP contribution < -0.4 is 60.8 Å². The van der Waals surface area contributed by atoms with Gasteiger partial charge in [-0.2, -0.15) is 0 Å². The van der Waals surface area contributed by atoms with Gasteiger partial charge in [0.1, 0.15) is 48.5 Å². The molecular weight excluding hydrogens is 1520 g/mol. The van der Waals surface area contributed by atoms with Crippen LogP contribution in [0.1, 0.15) is 317 Å². The number of nitrogens with two attached hydrogens (primary N) is 4. The molecule has 8 heterocycles. The molecule has 24 nitrogen and oxygen atoms in total. The number of fused-ring (bicyclic) bond motifs is 12. The fourth-order valence-corrected chi connectivity index (χ4v) is 15.5. The zero-order valence-electron chi connectivity index (χ0n) is 132. The number of rotatable bonds is 28. The minimum atomic E-state index is -3.89. The summed E-state index contributed by atoms with van der Waals surface area (Å²) in [4.78, 5) is 58.4. The van der Waals surface area contributed by atoms with Crippen molar-refractivity contribution in [2.24, 2.45) is 93.9 Å². The van der Waals surface area contributed by atoms with E-state index in [1.54, 1.807) is 41.5 Å². The minimum absolute atomic E-state index is 0.0649. The highest BCUT2D eigenvalue weighted by Gasteiger charge is 2.47. The molecule has 12 unspecified atom stereocenters. The zero-order chi connectivity index (χ0) is 143. The van der Waals surface area contributed by atoms with E-state index in [0.717, 1.165) is 36.0 Å². The van der Waals surface area contributed by atoms with Gasteiger partial charge in [-0.05, 0) is 191 Å². The number of benzene rings is 4. The molecule has 16 atom stereocenters. The SMILES string of the molecule is [2H]c1c(OC)c(OC([2H])([2H])[2H])c([2H])c2c1C1CC(OC(=O)[C@@]([2H])(N)C([2H])(C([2H])([2H])[2H])C([2H])([2H])[2H])C(CC(C)C)CN1C([2H])([2H])C2([2H])[2H].[2H]c1c(OC)c(OC([2H])([2H])[2H])c([2H])c2c1C1CC(OC(=O)[C@@]([2H])(N)C([2H])(C([2H])([2H])[2H])C([2H])([2H])[2H])C(CC(C)C)CN1C([2H])([2H])C2([2H])[2H].[2H]c1c(OC)c(OC)c([2H])c2c1C1CC(OC(=O)[C@@]([2H])(N)C([2H])(C([2H])([2H])[2H])C([2H])([2H])[2H])C(CC(C)C)CN1C([2H])([2H])C2([2H])[2H].[2H]c1c(OC)c(OC)c([2H])c2c1C1CC([2H])(OC(=O)[C@@]([2H])(N)C([2H])(C([2H])([2H])[2H])C([2H])([2H])[2H])C(CC(C)C)CN1C([2H])([2H])C2([2H])[2H]. The number of hydrogen-bond acceptors (Lipinski definition) is 24. The molecule has 24 heteroatoms. The highest BCUT2D eigenvalue weighted by Crippen LogP contribution is 2.50. The largest absolute Gasteiger partial charge is 0.493 e. The molecule has 4 saturated heterocycles. The summed E-state index contributed by atoms with van der Waals surface area (Å²) in [6.45, 7) is -28.5. The number of carbonyl (C=O) groups is 4. The van der Waals surface area contributed by atoms with Gasteiger partial charge >= 0.3 is 23.9 Å². The maximum Gasteiger partial charge on any atom is 0.323 e. The number of piperidine rings is 4. The number of methoxy groups -OCH3 is 8. The van der Waals surface area contributed by atoms with Crippen molar-refractivity contribution >= 4 is 23.9 Å². The lowest BCUT2D eigenvalue weighted by atomic mass is 9.79. The number of hydrogen-bond donors (Lipinski definition) is 4. The summed E-state index contributed by atoms with van der Waals surface area (Å²) in [5, 5.41) is 0. The third kappa shape index (κ3) is 23.8. The van der Waals surface area contributed by atoms with Crippen molar-refractivity contribution in [2.45, 2.75) is 260 Å². The lowest BCUT2D eigenvalue weighted by Crippen LogP contribution is -2.51. The third-order valence-corrected chi connectivity index (χ3v) is 21.0. The maximum absolute atomic E-state index is 13.5. The van der Waals surface area contributed by atoms with E-state index in [9.17, 15) is 20.5 Å². The normalized spacial score (nSPS) is 39.0. The van der Waals surface area contributed by atoms with Crippen LogP contribution in [0.3, 0.4) is 0 Å². The Morgan fingerprint density at radius 1 is 0.367 bits per heavy atom. The quantitative estimate of drug-likeness (QED) is 0.0303. The van der Waals surface area contributed by atoms with Gasteiger partial charge in [0.05, 0.1) is 82.8 Å². The van der Waals surface area contributed by atoms with E-state index in [1.807, 2.05) is 13.8 Å². The van der Waals surface area contributed by atoms with Gasteiger partial charge in [-0.3, -0.25) is 38.8 Å². The second kappa shape index (κ2) is 43.9. The first-order chi connectivity index (χ1) is 81.6. The van der Waals surface area contributed by atoms with E-state index in [0.29, 0.717) is 0 Å². The van der Waals surface area contributed by atoms with Crippen molar-refractivity contribution in [3.63, 3.8) is 0 Å². The molecule has 4 fully saturated rings. The van der Waals surface area contributed by atoms with Gasteiger partial charge in [-0.1, -0.05) is 110 Å². The molecule has 0 amide bonds. The monoisotopic (exact) mass is 1740 g/mol. The van der Waals surface area contributed by atoms with Crippen molar-refractivity contribution in [1.82, 2.24) is 19.6 Å². The Balaban J connectivity index is 0.000000266. The Labute approximate surface area is 807 Å². The van der Waals surface area contributed by atoms with E-state index < -0.39 is 377 Å². The van der Waals surface area contributed by atoms with E-state index >= 15 is 0 Å². The van der Waals surface area contributed by atoms with Gasteiger partial charge in [-0.25, -0.2) is 0 Å². The van der Waals surface area contributed by atoms with Crippen molar-refractivity contribution in [1.29, 1.82) is 0 Å². The van der Waals surface area contributed by atoms with Crippen LogP contribution in [-0.4, -0.2) is 201 Å². The topological polar surface area (TPSA) is 296 Å². The highest BCUT2D eigenvalue weighted by atomic mass is 16.6. The van der Waals surface area contributed by atoms with Crippen LogP contribution in [-0.2, 0) is 63.6 Å². The van der Waals surface area contributed by atoms with Gasteiger partial charge in [0, 0.05) is 186 Å². The molecule has 8 aliphatic rings. The predicted octanol–water partition coefficient (Wildman–Crippen LogP) is 14.3. The summed E-state index contributed by atoms with van der Waals surface area (Å²) in [6.07, 6.45) is -19.4. The van der Waals surface area contributed by atoms with Crippen LogP contribution >= 0.6 is 0 Å². The summed E-state index contributed by atoms with van der Waals surface area (Å²) >= 11 is 0. The molecule has 0 spiro atoms. The number of esters is 4. The summed E-state index contributed by atoms with van der Waals surface area (Å²) in [5.41, 5.74) is 19.6. The molecule has 672 valence electrons. The van der Waals surface area contributed by atoms with Gasteiger partial charge in [0.2, 0.25) is 0 Å². The summed E-state index contributed by atoms with van der Waals surface area (Å²) in [7, 11) is 0.556. The summed E-state index contributed by atoms with van der Waals surface area (Å²) < 4.78 is 581. The lowest BCUT2D eigenvalue weighted by Gasteiger charge is -2.47. The molecule has 0 radical (unpaired) electrons. The Morgan fingerprint density at radius 2 is 0.592 bits per heavy atom. The Morgan fingerprint density at radius 3 is 0.833 bits per heavy atom. The second-order valence-corrected chi connectivity index (χ2v) is 31.1. The first kappa shape index (κ1) is 41.8. The van der Waals surface area contributed by atoms with Crippen LogP contribution in [0, 0.1) is 70.9 Å². The van der Waals surface area contributed by atoms with Crippen LogP contribution in [0.2, 0.25) is 0 Å². The average Bonchev–Trinajstić information content (AvgIpc) is 0.690. The van der Waals surface area contributed by atoms with Gasteiger partial charge in [-0.15, -0.1) is 0 Å². The smallest absolute Gasteiger partial charge is 0.323 e. The average molecular weight is 1740 g/mol. The van der Waals surface area contributed by atoms with Crippen LogP contribution in [0.15, 0.2) is 48.3 Å². The fraction of sp³-hybridized carbons (Fsp3) is 0.708.